The van der Waals surface area contributed by atoms with Crippen molar-refractivity contribution < 1.29 is 14.6 Å². The van der Waals surface area contributed by atoms with Crippen molar-refractivity contribution in [3.63, 3.8) is 0 Å². The lowest BCUT2D eigenvalue weighted by Crippen LogP contribution is -2.52. The van der Waals surface area contributed by atoms with Gasteiger partial charge in [0.1, 0.15) is 0 Å². The Morgan fingerprint density at radius 1 is 1.74 bits per heavy atom. The van der Waals surface area contributed by atoms with E-state index in [1.807, 2.05) is 6.92 Å². The lowest BCUT2D eigenvalue weighted by Gasteiger charge is -2.37. The molecule has 2 unspecified atom stereocenters. The van der Waals surface area contributed by atoms with Gasteiger partial charge in [-0.3, -0.25) is 15.6 Å². The molecule has 0 spiro atoms. The van der Waals surface area contributed by atoms with E-state index in [4.69, 9.17) is 15.7 Å². The van der Waals surface area contributed by atoms with E-state index in [2.05, 4.69) is 10.4 Å². The zero-order chi connectivity index (χ0) is 13.8. The van der Waals surface area contributed by atoms with Crippen LogP contribution in [0.15, 0.2) is 18.5 Å². The maximum absolute atomic E-state index is 12.5. The van der Waals surface area contributed by atoms with Crippen molar-refractivity contribution in [1.29, 1.82) is 0 Å². The summed E-state index contributed by atoms with van der Waals surface area (Å²) in [6.45, 7) is 2.58. The fourth-order valence-corrected chi connectivity index (χ4v) is 2.06. The van der Waals surface area contributed by atoms with Gasteiger partial charge in [-0.15, -0.1) is 0 Å². The van der Waals surface area contributed by atoms with Gasteiger partial charge in [-0.25, -0.2) is 0 Å². The minimum atomic E-state index is -0.337. The minimum absolute atomic E-state index is 0.0471. The van der Waals surface area contributed by atoms with E-state index in [0.29, 0.717) is 24.4 Å². The Morgan fingerprint density at radius 3 is 3.21 bits per heavy atom. The molecule has 1 fully saturated rings. The number of nitrogens with two attached hydrogens (primary N) is 1. The van der Waals surface area contributed by atoms with E-state index in [1.165, 1.54) is 6.20 Å². The first-order chi connectivity index (χ1) is 9.17. The highest BCUT2D eigenvalue weighted by Gasteiger charge is 2.30. The van der Waals surface area contributed by atoms with Gasteiger partial charge in [0.2, 0.25) is 0 Å². The van der Waals surface area contributed by atoms with Crippen molar-refractivity contribution in [2.24, 2.45) is 5.84 Å². The van der Waals surface area contributed by atoms with Crippen molar-refractivity contribution in [2.75, 3.05) is 25.2 Å². The van der Waals surface area contributed by atoms with Crippen molar-refractivity contribution >= 4 is 11.6 Å². The first-order valence-electron chi connectivity index (χ1n) is 6.11. The molecular weight excluding hydrogens is 248 g/mol. The van der Waals surface area contributed by atoms with Crippen LogP contribution in [0, 0.1) is 0 Å². The molecule has 4 N–H and O–H groups in total. The molecule has 2 heterocycles. The van der Waals surface area contributed by atoms with Crippen molar-refractivity contribution in [1.82, 2.24) is 9.88 Å². The number of hydrogen-bond acceptors (Lipinski definition) is 6. The Kier molecular flexibility index (Phi) is 4.31. The highest BCUT2D eigenvalue weighted by molar-refractivity contribution is 5.99. The van der Waals surface area contributed by atoms with E-state index in [1.54, 1.807) is 17.2 Å². The van der Waals surface area contributed by atoms with E-state index in [-0.39, 0.29) is 24.7 Å². The maximum atomic E-state index is 12.5. The van der Waals surface area contributed by atoms with Gasteiger partial charge >= 0.3 is 0 Å². The second-order valence-corrected chi connectivity index (χ2v) is 4.51. The molecule has 2 atom stereocenters. The van der Waals surface area contributed by atoms with Gasteiger partial charge in [0.15, 0.2) is 0 Å². The molecule has 0 aliphatic carbocycles. The van der Waals surface area contributed by atoms with Crippen LogP contribution in [0.5, 0.6) is 0 Å². The number of pyridine rings is 1. The predicted molar refractivity (Wildman–Crippen MR) is 69.4 cm³/mol. The topological polar surface area (TPSA) is 101 Å². The number of aromatic nitrogens is 1. The summed E-state index contributed by atoms with van der Waals surface area (Å²) in [5.74, 6) is 5.23. The molecule has 1 aliphatic heterocycles. The number of rotatable bonds is 3. The molecule has 0 radical (unpaired) electrons. The molecule has 2 rings (SSSR count). The summed E-state index contributed by atoms with van der Waals surface area (Å²) < 4.78 is 5.42. The number of carbonyl (C=O) groups excluding carboxylic acids is 1. The molecule has 7 nitrogen and oxygen atoms in total. The zero-order valence-corrected chi connectivity index (χ0v) is 10.7. The Bertz CT molecular complexity index is 454. The second-order valence-electron chi connectivity index (χ2n) is 4.51. The van der Waals surface area contributed by atoms with E-state index < -0.39 is 0 Å². The number of carbonyl (C=O) groups is 1. The van der Waals surface area contributed by atoms with Gasteiger partial charge in [0.05, 0.1) is 42.8 Å². The van der Waals surface area contributed by atoms with Crippen LogP contribution < -0.4 is 11.3 Å². The van der Waals surface area contributed by atoms with Crippen molar-refractivity contribution in [3.8, 4) is 0 Å². The third-order valence-electron chi connectivity index (χ3n) is 3.18. The lowest BCUT2D eigenvalue weighted by molar-refractivity contribution is -0.0667. The molecule has 1 amide bonds. The molecule has 7 heteroatoms. The van der Waals surface area contributed by atoms with Gasteiger partial charge in [0, 0.05) is 12.7 Å². The Hall–Kier alpha value is -1.70. The van der Waals surface area contributed by atoms with Crippen molar-refractivity contribution in [3.05, 3.63) is 24.0 Å². The maximum Gasteiger partial charge on any atom is 0.256 e. The number of morpholine rings is 1. The third-order valence-corrected chi connectivity index (χ3v) is 3.18. The highest BCUT2D eigenvalue weighted by Crippen LogP contribution is 2.19. The smallest absolute Gasteiger partial charge is 0.256 e. The lowest BCUT2D eigenvalue weighted by atomic mass is 10.1. The van der Waals surface area contributed by atoms with E-state index >= 15 is 0 Å². The highest BCUT2D eigenvalue weighted by atomic mass is 16.5. The van der Waals surface area contributed by atoms with Gasteiger partial charge in [0.25, 0.3) is 5.91 Å². The Balaban J connectivity index is 2.22. The quantitative estimate of drug-likeness (QED) is 0.508. The molecule has 0 saturated carbocycles. The van der Waals surface area contributed by atoms with Crippen LogP contribution in [0.1, 0.15) is 17.3 Å². The second kappa shape index (κ2) is 5.96. The van der Waals surface area contributed by atoms with Crippen LogP contribution in [-0.4, -0.2) is 52.8 Å². The number of nitrogen functional groups attached to an aromatic ring is 1. The summed E-state index contributed by atoms with van der Waals surface area (Å²) in [6, 6.07) is 1.57. The van der Waals surface area contributed by atoms with Crippen LogP contribution in [0.4, 0.5) is 5.69 Å². The fourth-order valence-electron chi connectivity index (χ4n) is 2.06. The first kappa shape index (κ1) is 13.7. The SMILES string of the molecule is CC1COC(CO)CN1C(=O)c1ccncc1NN. The molecule has 1 aliphatic rings. The number of aliphatic hydroxyl groups excluding tert-OH is 1. The molecule has 1 aromatic heterocycles. The number of aliphatic hydroxyl groups is 1. The van der Waals surface area contributed by atoms with Gasteiger partial charge in [-0.05, 0) is 13.0 Å². The normalized spacial score (nSPS) is 23.2. The van der Waals surface area contributed by atoms with Crippen LogP contribution in [-0.2, 0) is 4.74 Å². The molecule has 104 valence electrons. The number of nitrogens with zero attached hydrogens (tertiary/aromatic N) is 2. The van der Waals surface area contributed by atoms with Gasteiger partial charge < -0.3 is 20.2 Å². The molecule has 19 heavy (non-hydrogen) atoms. The number of nitrogens with one attached hydrogen (secondary N) is 1. The average molecular weight is 266 g/mol. The number of amides is 1. The zero-order valence-electron chi connectivity index (χ0n) is 10.7. The number of ether oxygens (including phenoxy) is 1. The molecule has 0 aromatic carbocycles. The van der Waals surface area contributed by atoms with Crippen LogP contribution >= 0.6 is 0 Å². The average Bonchev–Trinajstić information content (AvgIpc) is 2.47. The predicted octanol–water partition coefficient (Wildman–Crippen LogP) is -0.411. The van der Waals surface area contributed by atoms with Crippen LogP contribution in [0.25, 0.3) is 0 Å². The minimum Gasteiger partial charge on any atom is -0.394 e. The molecule has 1 saturated heterocycles. The summed E-state index contributed by atoms with van der Waals surface area (Å²) in [5, 5.41) is 9.14. The van der Waals surface area contributed by atoms with Crippen molar-refractivity contribution in [2.45, 2.75) is 19.1 Å². The fraction of sp³-hybridized carbons (Fsp3) is 0.500. The number of hydrogen-bond donors (Lipinski definition) is 3. The van der Waals surface area contributed by atoms with Gasteiger partial charge in [-0.2, -0.15) is 0 Å². The Morgan fingerprint density at radius 2 is 2.53 bits per heavy atom. The largest absolute Gasteiger partial charge is 0.394 e. The molecular formula is C12H18N4O3. The number of hydrazine groups is 1. The Labute approximate surface area is 111 Å². The number of anilines is 1. The monoisotopic (exact) mass is 266 g/mol. The molecule has 0 bridgehead atoms. The van der Waals surface area contributed by atoms with Crippen LogP contribution in [0.3, 0.4) is 0 Å². The standard InChI is InChI=1S/C12H18N4O3/c1-8-7-19-9(6-17)5-16(8)12(18)10-2-3-14-4-11(10)15-13/h2-4,8-9,15,17H,5-7,13H2,1H3. The first-order valence-corrected chi connectivity index (χ1v) is 6.11. The summed E-state index contributed by atoms with van der Waals surface area (Å²) in [5.41, 5.74) is 3.40. The summed E-state index contributed by atoms with van der Waals surface area (Å²) >= 11 is 0. The molecule has 1 aromatic rings. The van der Waals surface area contributed by atoms with Crippen LogP contribution in [0.2, 0.25) is 0 Å². The van der Waals surface area contributed by atoms with E-state index in [0.717, 1.165) is 0 Å². The summed E-state index contributed by atoms with van der Waals surface area (Å²) in [4.78, 5) is 18.1. The summed E-state index contributed by atoms with van der Waals surface area (Å²) in [7, 11) is 0. The van der Waals surface area contributed by atoms with Gasteiger partial charge in [-0.1, -0.05) is 0 Å². The summed E-state index contributed by atoms with van der Waals surface area (Å²) in [6.07, 6.45) is 2.71. The third kappa shape index (κ3) is 2.83. The van der Waals surface area contributed by atoms with E-state index in [9.17, 15) is 4.79 Å².